The van der Waals surface area contributed by atoms with Crippen molar-refractivity contribution in [3.8, 4) is 11.5 Å². The predicted molar refractivity (Wildman–Crippen MR) is 77.5 cm³/mol. The second-order valence-corrected chi connectivity index (χ2v) is 4.95. The average molecular weight is 296 g/mol. The van der Waals surface area contributed by atoms with E-state index in [1.54, 1.807) is 0 Å². The first-order chi connectivity index (χ1) is 9.63. The summed E-state index contributed by atoms with van der Waals surface area (Å²) in [5.74, 6) is 0.799. The third-order valence-corrected chi connectivity index (χ3v) is 3.34. The lowest BCUT2D eigenvalue weighted by Crippen LogP contribution is -2.18. The van der Waals surface area contributed by atoms with Gasteiger partial charge in [0.05, 0.1) is 23.2 Å². The Kier molecular flexibility index (Phi) is 5.11. The summed E-state index contributed by atoms with van der Waals surface area (Å²) in [5, 5.41) is 4.50. The summed E-state index contributed by atoms with van der Waals surface area (Å²) in [6.45, 7) is 5.00. The Hall–Kier alpha value is -1.43. The summed E-state index contributed by atoms with van der Waals surface area (Å²) in [7, 11) is 0. The van der Waals surface area contributed by atoms with Gasteiger partial charge < -0.3 is 15.0 Å². The molecule has 108 valence electrons. The molecular weight excluding hydrogens is 278 g/mol. The lowest BCUT2D eigenvalue weighted by atomic mass is 10.1. The molecule has 5 nitrogen and oxygen atoms in total. The third-order valence-electron chi connectivity index (χ3n) is 2.84. The fraction of sp³-hybridized carbons (Fsp3) is 0.429. The van der Waals surface area contributed by atoms with Gasteiger partial charge in [0.25, 0.3) is 5.89 Å². The number of aromatic nitrogens is 2. The average Bonchev–Trinajstić information content (AvgIpc) is 2.91. The molecule has 0 aliphatic rings. The molecule has 0 amide bonds. The van der Waals surface area contributed by atoms with E-state index in [0.29, 0.717) is 35.5 Å². The maximum atomic E-state index is 6.24. The molecule has 1 atom stereocenters. The smallest absolute Gasteiger partial charge is 0.259 e. The molecule has 20 heavy (non-hydrogen) atoms. The number of aryl methyl sites for hydroxylation is 1. The van der Waals surface area contributed by atoms with E-state index < -0.39 is 6.04 Å². The summed E-state index contributed by atoms with van der Waals surface area (Å²) < 4.78 is 10.6. The van der Waals surface area contributed by atoms with Crippen molar-refractivity contribution in [2.75, 3.05) is 13.2 Å². The van der Waals surface area contributed by atoms with Crippen LogP contribution in [-0.2, 0) is 4.74 Å². The van der Waals surface area contributed by atoms with Gasteiger partial charge in [-0.05, 0) is 25.0 Å². The molecule has 0 radical (unpaired) electrons. The van der Waals surface area contributed by atoms with Crippen LogP contribution in [0.3, 0.4) is 0 Å². The van der Waals surface area contributed by atoms with Crippen LogP contribution >= 0.6 is 11.6 Å². The van der Waals surface area contributed by atoms with E-state index in [4.69, 9.17) is 26.6 Å². The predicted octanol–water partition coefficient (Wildman–Crippen LogP) is 3.12. The van der Waals surface area contributed by atoms with Crippen molar-refractivity contribution >= 4 is 11.6 Å². The van der Waals surface area contributed by atoms with Gasteiger partial charge >= 0.3 is 0 Å². The highest BCUT2D eigenvalue weighted by molar-refractivity contribution is 6.33. The maximum absolute atomic E-state index is 6.24. The molecule has 6 heteroatoms. The largest absolute Gasteiger partial charge is 0.379 e. The third kappa shape index (κ3) is 3.36. The van der Waals surface area contributed by atoms with Crippen LogP contribution in [0.5, 0.6) is 0 Å². The van der Waals surface area contributed by atoms with Crippen LogP contribution in [0.15, 0.2) is 22.7 Å². The van der Waals surface area contributed by atoms with Crippen LogP contribution in [0.1, 0.15) is 30.8 Å². The lowest BCUT2D eigenvalue weighted by molar-refractivity contribution is 0.119. The summed E-state index contributed by atoms with van der Waals surface area (Å²) in [6.07, 6.45) is 0.948. The lowest BCUT2D eigenvalue weighted by Gasteiger charge is -2.06. The van der Waals surface area contributed by atoms with E-state index >= 15 is 0 Å². The number of rotatable bonds is 6. The highest BCUT2D eigenvalue weighted by Gasteiger charge is 2.17. The highest BCUT2D eigenvalue weighted by atomic mass is 35.5. The van der Waals surface area contributed by atoms with Gasteiger partial charge in [0.2, 0.25) is 0 Å². The number of benzene rings is 1. The van der Waals surface area contributed by atoms with Crippen LogP contribution in [0.4, 0.5) is 0 Å². The van der Waals surface area contributed by atoms with Gasteiger partial charge in [-0.1, -0.05) is 35.8 Å². The minimum absolute atomic E-state index is 0.369. The molecule has 1 aromatic carbocycles. The second kappa shape index (κ2) is 6.83. The fourth-order valence-electron chi connectivity index (χ4n) is 1.74. The minimum atomic E-state index is -0.400. The van der Waals surface area contributed by atoms with Gasteiger partial charge in [-0.3, -0.25) is 0 Å². The second-order valence-electron chi connectivity index (χ2n) is 4.58. The molecule has 0 aliphatic carbocycles. The van der Waals surface area contributed by atoms with Crippen LogP contribution in [0, 0.1) is 6.92 Å². The number of nitrogens with zero attached hydrogens (tertiary/aromatic N) is 2. The van der Waals surface area contributed by atoms with Gasteiger partial charge in [-0.2, -0.15) is 4.98 Å². The molecule has 1 heterocycles. The van der Waals surface area contributed by atoms with Crippen molar-refractivity contribution in [2.24, 2.45) is 5.73 Å². The van der Waals surface area contributed by atoms with Crippen molar-refractivity contribution < 1.29 is 9.26 Å². The zero-order valence-corrected chi connectivity index (χ0v) is 12.4. The number of hydrogen-bond acceptors (Lipinski definition) is 5. The molecule has 0 saturated heterocycles. The zero-order valence-electron chi connectivity index (χ0n) is 11.6. The van der Waals surface area contributed by atoms with Crippen molar-refractivity contribution in [1.82, 2.24) is 10.1 Å². The summed E-state index contributed by atoms with van der Waals surface area (Å²) in [6, 6.07) is 5.26. The van der Waals surface area contributed by atoms with E-state index in [1.807, 2.05) is 32.0 Å². The zero-order chi connectivity index (χ0) is 14.5. The Morgan fingerprint density at radius 2 is 2.25 bits per heavy atom. The first-order valence-corrected chi connectivity index (χ1v) is 6.93. The Bertz CT molecular complexity index is 571. The van der Waals surface area contributed by atoms with Crippen LogP contribution in [-0.4, -0.2) is 23.4 Å². The summed E-state index contributed by atoms with van der Waals surface area (Å²) >= 11 is 6.24. The topological polar surface area (TPSA) is 74.2 Å². The van der Waals surface area contributed by atoms with Gasteiger partial charge in [0.15, 0.2) is 5.82 Å². The molecule has 0 bridgehead atoms. The van der Waals surface area contributed by atoms with E-state index in [-0.39, 0.29) is 0 Å². The van der Waals surface area contributed by atoms with E-state index in [2.05, 4.69) is 10.1 Å². The highest BCUT2D eigenvalue weighted by Crippen LogP contribution is 2.29. The SMILES string of the molecule is CCCOCC(N)c1noc(-c2cccc(C)c2Cl)n1. The van der Waals surface area contributed by atoms with Crippen LogP contribution in [0.25, 0.3) is 11.5 Å². The number of hydrogen-bond donors (Lipinski definition) is 1. The van der Waals surface area contributed by atoms with Crippen LogP contribution < -0.4 is 5.73 Å². The minimum Gasteiger partial charge on any atom is -0.379 e. The Balaban J connectivity index is 2.14. The van der Waals surface area contributed by atoms with Gasteiger partial charge in [-0.15, -0.1) is 0 Å². The Morgan fingerprint density at radius 3 is 3.00 bits per heavy atom. The van der Waals surface area contributed by atoms with Gasteiger partial charge in [0.1, 0.15) is 0 Å². The standard InChI is InChI=1S/C14H18ClN3O2/c1-3-7-19-8-11(16)13-17-14(20-18-13)10-6-4-5-9(2)12(10)15/h4-6,11H,3,7-8,16H2,1-2H3. The molecule has 0 fully saturated rings. The van der Waals surface area contributed by atoms with E-state index in [9.17, 15) is 0 Å². The van der Waals surface area contributed by atoms with Crippen molar-refractivity contribution in [3.63, 3.8) is 0 Å². The van der Waals surface area contributed by atoms with Crippen molar-refractivity contribution in [2.45, 2.75) is 26.3 Å². The molecule has 1 aromatic heterocycles. The number of halogens is 1. The molecule has 0 aliphatic heterocycles. The molecule has 2 aromatic rings. The van der Waals surface area contributed by atoms with Crippen molar-refractivity contribution in [3.05, 3.63) is 34.6 Å². The molecule has 0 spiro atoms. The normalized spacial score (nSPS) is 12.6. The maximum Gasteiger partial charge on any atom is 0.259 e. The summed E-state index contributed by atoms with van der Waals surface area (Å²) in [4.78, 5) is 4.29. The first kappa shape index (κ1) is 15.0. The van der Waals surface area contributed by atoms with Crippen molar-refractivity contribution in [1.29, 1.82) is 0 Å². The monoisotopic (exact) mass is 295 g/mol. The quantitative estimate of drug-likeness (QED) is 0.829. The first-order valence-electron chi connectivity index (χ1n) is 6.56. The Morgan fingerprint density at radius 1 is 1.45 bits per heavy atom. The number of ether oxygens (including phenoxy) is 1. The molecular formula is C14H18ClN3O2. The molecule has 2 N–H and O–H groups in total. The summed E-state index contributed by atoms with van der Waals surface area (Å²) in [5.41, 5.74) is 7.62. The van der Waals surface area contributed by atoms with E-state index in [0.717, 1.165) is 12.0 Å². The number of nitrogens with two attached hydrogens (primary N) is 1. The molecule has 1 unspecified atom stereocenters. The van der Waals surface area contributed by atoms with Gasteiger partial charge in [0, 0.05) is 6.61 Å². The van der Waals surface area contributed by atoms with Gasteiger partial charge in [-0.25, -0.2) is 0 Å². The van der Waals surface area contributed by atoms with E-state index in [1.165, 1.54) is 0 Å². The van der Waals surface area contributed by atoms with Crippen LogP contribution in [0.2, 0.25) is 5.02 Å². The fourth-order valence-corrected chi connectivity index (χ4v) is 1.94. The molecule has 0 saturated carbocycles. The molecule has 2 rings (SSSR count). The Labute approximate surface area is 123 Å².